The molecule has 0 aliphatic heterocycles. The Balaban J connectivity index is 1.60. The number of nitrogens with zero attached hydrogens (tertiary/aromatic N) is 3. The molecular weight excluding hydrogens is 539 g/mol. The minimum atomic E-state index is -0.338. The van der Waals surface area contributed by atoms with E-state index >= 15 is 0 Å². The standard InChI is InChI=1S/C25H21BrClFN4OS/c1-3-16-13-18(26)12-15(2)23(16)29-22(33)14-34-25-31-30-24(17-4-6-19(27)7-5-17)32(25)21-10-8-20(28)9-11-21/h4-13H,3,14H2,1-2H3,(H,29,33). The van der Waals surface area contributed by atoms with Gasteiger partial charge in [-0.3, -0.25) is 9.36 Å². The van der Waals surface area contributed by atoms with Gasteiger partial charge in [-0.1, -0.05) is 46.2 Å². The fourth-order valence-corrected chi connectivity index (χ4v) is 5.05. The van der Waals surface area contributed by atoms with Crippen LogP contribution in [0.4, 0.5) is 10.1 Å². The molecule has 1 heterocycles. The number of aromatic nitrogens is 3. The van der Waals surface area contributed by atoms with Crippen LogP contribution < -0.4 is 5.32 Å². The zero-order valence-electron chi connectivity index (χ0n) is 18.5. The van der Waals surface area contributed by atoms with Crippen molar-refractivity contribution in [3.05, 3.63) is 87.1 Å². The molecule has 0 saturated heterocycles. The van der Waals surface area contributed by atoms with Gasteiger partial charge in [-0.2, -0.15) is 0 Å². The van der Waals surface area contributed by atoms with Crippen molar-refractivity contribution in [1.82, 2.24) is 14.8 Å². The fraction of sp³-hybridized carbons (Fsp3) is 0.160. The fourth-order valence-electron chi connectivity index (χ4n) is 3.55. The first-order valence-corrected chi connectivity index (χ1v) is 12.7. The van der Waals surface area contributed by atoms with Crippen LogP contribution in [-0.2, 0) is 11.2 Å². The lowest BCUT2D eigenvalue weighted by atomic mass is 10.1. The highest BCUT2D eigenvalue weighted by atomic mass is 79.9. The summed E-state index contributed by atoms with van der Waals surface area (Å²) in [6.07, 6.45) is 0.798. The Morgan fingerprint density at radius 2 is 1.82 bits per heavy atom. The van der Waals surface area contributed by atoms with Crippen molar-refractivity contribution >= 4 is 50.9 Å². The number of carbonyl (C=O) groups is 1. The highest BCUT2D eigenvalue weighted by Crippen LogP contribution is 2.30. The molecule has 4 rings (SSSR count). The van der Waals surface area contributed by atoms with Crippen molar-refractivity contribution in [3.63, 3.8) is 0 Å². The smallest absolute Gasteiger partial charge is 0.234 e. The van der Waals surface area contributed by atoms with Gasteiger partial charge in [0.15, 0.2) is 11.0 Å². The Labute approximate surface area is 214 Å². The molecule has 0 fully saturated rings. The van der Waals surface area contributed by atoms with Crippen molar-refractivity contribution in [1.29, 1.82) is 0 Å². The molecule has 0 saturated carbocycles. The first-order chi connectivity index (χ1) is 16.4. The largest absolute Gasteiger partial charge is 0.325 e. The Kier molecular flexibility index (Phi) is 7.70. The van der Waals surface area contributed by atoms with Gasteiger partial charge in [-0.25, -0.2) is 4.39 Å². The molecule has 5 nitrogen and oxygen atoms in total. The monoisotopic (exact) mass is 558 g/mol. The van der Waals surface area contributed by atoms with Gasteiger partial charge >= 0.3 is 0 Å². The van der Waals surface area contributed by atoms with Crippen LogP contribution >= 0.6 is 39.3 Å². The normalized spacial score (nSPS) is 11.0. The van der Waals surface area contributed by atoms with E-state index in [1.165, 1.54) is 23.9 Å². The second kappa shape index (κ2) is 10.7. The molecule has 0 aliphatic rings. The van der Waals surface area contributed by atoms with E-state index in [0.29, 0.717) is 21.7 Å². The van der Waals surface area contributed by atoms with Crippen molar-refractivity contribution in [2.75, 3.05) is 11.1 Å². The Hall–Kier alpha value is -2.68. The van der Waals surface area contributed by atoms with Crippen LogP contribution in [0.15, 0.2) is 70.3 Å². The predicted octanol–water partition coefficient (Wildman–Crippen LogP) is 7.09. The molecule has 1 N–H and O–H groups in total. The lowest BCUT2D eigenvalue weighted by Gasteiger charge is -2.14. The highest BCUT2D eigenvalue weighted by Gasteiger charge is 2.18. The molecule has 34 heavy (non-hydrogen) atoms. The number of aryl methyl sites for hydroxylation is 2. The van der Waals surface area contributed by atoms with Gasteiger partial charge in [-0.05, 0) is 85.1 Å². The predicted molar refractivity (Wildman–Crippen MR) is 139 cm³/mol. The lowest BCUT2D eigenvalue weighted by Crippen LogP contribution is -2.16. The summed E-state index contributed by atoms with van der Waals surface area (Å²) in [5.74, 6) is 0.226. The summed E-state index contributed by atoms with van der Waals surface area (Å²) in [6, 6.07) is 17.3. The van der Waals surface area contributed by atoms with Crippen molar-refractivity contribution in [3.8, 4) is 17.1 Å². The number of anilines is 1. The molecular formula is C25H21BrClFN4OS. The maximum atomic E-state index is 13.6. The van der Waals surface area contributed by atoms with Gasteiger partial charge in [0.25, 0.3) is 0 Å². The van der Waals surface area contributed by atoms with Crippen molar-refractivity contribution < 1.29 is 9.18 Å². The third-order valence-electron chi connectivity index (χ3n) is 5.18. The molecule has 174 valence electrons. The Bertz CT molecular complexity index is 1330. The average molecular weight is 560 g/mol. The topological polar surface area (TPSA) is 59.8 Å². The number of hydrogen-bond donors (Lipinski definition) is 1. The number of halogens is 3. The van der Waals surface area contributed by atoms with E-state index in [1.54, 1.807) is 24.3 Å². The van der Waals surface area contributed by atoms with Crippen LogP contribution in [-0.4, -0.2) is 26.4 Å². The second-order valence-corrected chi connectivity index (χ2v) is 9.87. The van der Waals surface area contributed by atoms with E-state index in [4.69, 9.17) is 11.6 Å². The highest BCUT2D eigenvalue weighted by molar-refractivity contribution is 9.10. The molecule has 1 aromatic heterocycles. The van der Waals surface area contributed by atoms with Crippen LogP contribution in [0.2, 0.25) is 5.02 Å². The number of hydrogen-bond acceptors (Lipinski definition) is 4. The van der Waals surface area contributed by atoms with Crippen LogP contribution in [0.25, 0.3) is 17.1 Å². The Morgan fingerprint density at radius 1 is 1.12 bits per heavy atom. The molecule has 0 spiro atoms. The van der Waals surface area contributed by atoms with Crippen LogP contribution in [0.3, 0.4) is 0 Å². The summed E-state index contributed by atoms with van der Waals surface area (Å²) in [5.41, 5.74) is 4.37. The van der Waals surface area contributed by atoms with Gasteiger partial charge in [0.05, 0.1) is 5.75 Å². The van der Waals surface area contributed by atoms with Crippen molar-refractivity contribution in [2.24, 2.45) is 0 Å². The molecule has 0 aliphatic carbocycles. The summed E-state index contributed by atoms with van der Waals surface area (Å²) in [7, 11) is 0. The number of thioether (sulfide) groups is 1. The van der Waals surface area contributed by atoms with Crippen LogP contribution in [0.5, 0.6) is 0 Å². The number of amides is 1. The SMILES string of the molecule is CCc1cc(Br)cc(C)c1NC(=O)CSc1nnc(-c2ccc(Cl)cc2)n1-c1ccc(F)cc1. The Morgan fingerprint density at radius 3 is 2.50 bits per heavy atom. The maximum Gasteiger partial charge on any atom is 0.234 e. The van der Waals surface area contributed by atoms with Gasteiger partial charge in [0, 0.05) is 26.4 Å². The molecule has 0 unspecified atom stereocenters. The number of carbonyl (C=O) groups excluding carboxylic acids is 1. The third kappa shape index (κ3) is 5.51. The van der Waals surface area contributed by atoms with Crippen LogP contribution in [0.1, 0.15) is 18.1 Å². The summed E-state index contributed by atoms with van der Waals surface area (Å²) in [4.78, 5) is 12.8. The lowest BCUT2D eigenvalue weighted by molar-refractivity contribution is -0.113. The summed E-state index contributed by atoms with van der Waals surface area (Å²) in [6.45, 7) is 4.02. The molecule has 9 heteroatoms. The van der Waals surface area contributed by atoms with Gasteiger partial charge < -0.3 is 5.32 Å². The minimum Gasteiger partial charge on any atom is -0.325 e. The van der Waals surface area contributed by atoms with Gasteiger partial charge in [0.2, 0.25) is 5.91 Å². The summed E-state index contributed by atoms with van der Waals surface area (Å²) >= 11 is 10.8. The van der Waals surface area contributed by atoms with E-state index in [2.05, 4.69) is 38.4 Å². The van der Waals surface area contributed by atoms with Gasteiger partial charge in [0.1, 0.15) is 5.82 Å². The first-order valence-electron chi connectivity index (χ1n) is 10.5. The first kappa shape index (κ1) is 24.4. The molecule has 4 aromatic rings. The number of benzene rings is 3. The van der Waals surface area contributed by atoms with Crippen LogP contribution in [0, 0.1) is 12.7 Å². The number of rotatable bonds is 7. The van der Waals surface area contributed by atoms with Crippen molar-refractivity contribution in [2.45, 2.75) is 25.4 Å². The molecule has 0 bridgehead atoms. The zero-order chi connectivity index (χ0) is 24.2. The molecule has 0 radical (unpaired) electrons. The average Bonchev–Trinajstić information content (AvgIpc) is 3.24. The summed E-state index contributed by atoms with van der Waals surface area (Å²) < 4.78 is 16.4. The van der Waals surface area contributed by atoms with E-state index in [0.717, 1.165) is 33.3 Å². The molecule has 3 aromatic carbocycles. The van der Waals surface area contributed by atoms with Gasteiger partial charge in [-0.15, -0.1) is 10.2 Å². The number of nitrogens with one attached hydrogen (secondary N) is 1. The molecule has 0 atom stereocenters. The summed E-state index contributed by atoms with van der Waals surface area (Å²) in [5, 5.41) is 12.8. The minimum absolute atomic E-state index is 0.138. The van der Waals surface area contributed by atoms with E-state index in [9.17, 15) is 9.18 Å². The third-order valence-corrected chi connectivity index (χ3v) is 6.82. The quantitative estimate of drug-likeness (QED) is 0.246. The maximum absolute atomic E-state index is 13.6. The molecule has 1 amide bonds. The second-order valence-electron chi connectivity index (χ2n) is 7.57. The zero-order valence-corrected chi connectivity index (χ0v) is 21.6. The van der Waals surface area contributed by atoms with E-state index in [1.807, 2.05) is 35.8 Å². The van der Waals surface area contributed by atoms with E-state index < -0.39 is 0 Å². The van der Waals surface area contributed by atoms with E-state index in [-0.39, 0.29) is 17.5 Å².